The van der Waals surface area contributed by atoms with Crippen molar-refractivity contribution in [2.24, 2.45) is 0 Å². The first-order chi connectivity index (χ1) is 12.3. The van der Waals surface area contributed by atoms with Crippen molar-refractivity contribution in [3.63, 3.8) is 0 Å². The Morgan fingerprint density at radius 2 is 1.60 bits per heavy atom. The molecule has 3 aromatic rings. The van der Waals surface area contributed by atoms with Crippen LogP contribution in [0.5, 0.6) is 5.88 Å². The molecular weight excluding hydrogens is 332 g/mol. The van der Waals surface area contributed by atoms with E-state index in [9.17, 15) is 9.90 Å². The molecule has 25 heavy (non-hydrogen) atoms. The molecule has 0 radical (unpaired) electrons. The predicted octanol–water partition coefficient (Wildman–Crippen LogP) is 3.62. The third kappa shape index (κ3) is 2.96. The van der Waals surface area contributed by atoms with Crippen LogP contribution in [0.3, 0.4) is 0 Å². The molecule has 0 atom stereocenters. The van der Waals surface area contributed by atoms with Crippen molar-refractivity contribution in [2.45, 2.75) is 24.0 Å². The number of thioether (sulfide) groups is 1. The summed E-state index contributed by atoms with van der Waals surface area (Å²) in [6, 6.07) is 19.6. The SMILES string of the molecule is O=c1c(C(c2ccccc2)c2ccccc2)c(O)nc2n1CCCS2. The van der Waals surface area contributed by atoms with Gasteiger partial charge < -0.3 is 5.11 Å². The van der Waals surface area contributed by atoms with Crippen molar-refractivity contribution in [3.8, 4) is 5.88 Å². The topological polar surface area (TPSA) is 55.1 Å². The largest absolute Gasteiger partial charge is 0.493 e. The molecule has 0 saturated carbocycles. The molecule has 0 aliphatic carbocycles. The molecule has 0 amide bonds. The van der Waals surface area contributed by atoms with E-state index in [4.69, 9.17) is 0 Å². The monoisotopic (exact) mass is 350 g/mol. The number of benzene rings is 2. The van der Waals surface area contributed by atoms with Crippen molar-refractivity contribution >= 4 is 11.8 Å². The summed E-state index contributed by atoms with van der Waals surface area (Å²) < 4.78 is 1.70. The Kier molecular flexibility index (Phi) is 4.32. The second-order valence-electron chi connectivity index (χ2n) is 6.04. The van der Waals surface area contributed by atoms with Gasteiger partial charge in [0.2, 0.25) is 5.88 Å². The van der Waals surface area contributed by atoms with Crippen LogP contribution in [0.4, 0.5) is 0 Å². The second kappa shape index (κ2) is 6.76. The van der Waals surface area contributed by atoms with Gasteiger partial charge in [0.15, 0.2) is 5.16 Å². The molecule has 0 fully saturated rings. The summed E-state index contributed by atoms with van der Waals surface area (Å²) in [4.78, 5) is 17.5. The van der Waals surface area contributed by atoms with E-state index in [1.165, 1.54) is 11.8 Å². The Morgan fingerprint density at radius 1 is 1.00 bits per heavy atom. The highest BCUT2D eigenvalue weighted by Gasteiger charge is 2.27. The van der Waals surface area contributed by atoms with Crippen LogP contribution in [-0.4, -0.2) is 20.4 Å². The van der Waals surface area contributed by atoms with E-state index in [1.54, 1.807) is 4.57 Å². The Morgan fingerprint density at radius 3 is 2.20 bits per heavy atom. The third-order valence-electron chi connectivity index (χ3n) is 4.46. The van der Waals surface area contributed by atoms with E-state index in [0.29, 0.717) is 17.3 Å². The van der Waals surface area contributed by atoms with Crippen LogP contribution in [0.15, 0.2) is 70.6 Å². The Hall–Kier alpha value is -2.53. The van der Waals surface area contributed by atoms with Gasteiger partial charge in [-0.05, 0) is 17.5 Å². The second-order valence-corrected chi connectivity index (χ2v) is 7.11. The lowest BCUT2D eigenvalue weighted by atomic mass is 9.86. The minimum absolute atomic E-state index is 0.146. The molecule has 5 heteroatoms. The fourth-order valence-corrected chi connectivity index (χ4v) is 4.24. The minimum atomic E-state index is -0.341. The predicted molar refractivity (Wildman–Crippen MR) is 99.3 cm³/mol. The Balaban J connectivity index is 1.96. The molecular formula is C20H18N2O2S. The van der Waals surface area contributed by atoms with E-state index in [0.717, 1.165) is 23.3 Å². The minimum Gasteiger partial charge on any atom is -0.493 e. The van der Waals surface area contributed by atoms with Crippen LogP contribution in [0.25, 0.3) is 0 Å². The quantitative estimate of drug-likeness (QED) is 0.733. The molecule has 2 heterocycles. The molecule has 0 unspecified atom stereocenters. The van der Waals surface area contributed by atoms with Crippen molar-refractivity contribution in [1.82, 2.24) is 9.55 Å². The van der Waals surface area contributed by atoms with Gasteiger partial charge in [0.05, 0.1) is 5.56 Å². The van der Waals surface area contributed by atoms with Gasteiger partial charge in [-0.15, -0.1) is 0 Å². The molecule has 1 aromatic heterocycles. The zero-order valence-corrected chi connectivity index (χ0v) is 14.4. The molecule has 1 aliphatic rings. The van der Waals surface area contributed by atoms with Crippen molar-refractivity contribution in [2.75, 3.05) is 5.75 Å². The summed E-state index contributed by atoms with van der Waals surface area (Å²) in [5, 5.41) is 11.2. The van der Waals surface area contributed by atoms with Crippen molar-refractivity contribution in [3.05, 3.63) is 87.7 Å². The van der Waals surface area contributed by atoms with Gasteiger partial charge in [0.25, 0.3) is 5.56 Å². The lowest BCUT2D eigenvalue weighted by molar-refractivity contribution is 0.418. The van der Waals surface area contributed by atoms with Crippen molar-refractivity contribution < 1.29 is 5.11 Å². The van der Waals surface area contributed by atoms with Gasteiger partial charge in [-0.25, -0.2) is 0 Å². The molecule has 1 aliphatic heterocycles. The van der Waals surface area contributed by atoms with E-state index < -0.39 is 0 Å². The first kappa shape index (κ1) is 16.0. The van der Waals surface area contributed by atoms with Gasteiger partial charge in [-0.2, -0.15) is 4.98 Å². The van der Waals surface area contributed by atoms with E-state index in [1.807, 2.05) is 60.7 Å². The number of aromatic nitrogens is 2. The molecule has 1 N–H and O–H groups in total. The molecule has 4 rings (SSSR count). The number of aromatic hydroxyl groups is 1. The lowest BCUT2D eigenvalue weighted by Crippen LogP contribution is -2.30. The standard InChI is InChI=1S/C20H18N2O2S/c23-18-17(19(24)22-12-7-13-25-20(22)21-18)16(14-8-3-1-4-9-14)15-10-5-2-6-11-15/h1-6,8-11,16,23H,7,12-13H2. The van der Waals surface area contributed by atoms with Crippen LogP contribution in [-0.2, 0) is 6.54 Å². The fraction of sp³-hybridized carbons (Fsp3) is 0.200. The van der Waals surface area contributed by atoms with E-state index in [2.05, 4.69) is 4.98 Å². The number of fused-ring (bicyclic) bond motifs is 1. The fourth-order valence-electron chi connectivity index (χ4n) is 3.30. The Bertz CT molecular complexity index is 900. The van der Waals surface area contributed by atoms with Crippen LogP contribution < -0.4 is 5.56 Å². The molecule has 0 spiro atoms. The number of hydrogen-bond donors (Lipinski definition) is 1. The average molecular weight is 350 g/mol. The highest BCUT2D eigenvalue weighted by atomic mass is 32.2. The van der Waals surface area contributed by atoms with Crippen LogP contribution in [0.1, 0.15) is 29.0 Å². The maximum atomic E-state index is 13.2. The maximum Gasteiger partial charge on any atom is 0.262 e. The lowest BCUT2D eigenvalue weighted by Gasteiger charge is -2.23. The zero-order chi connectivity index (χ0) is 17.2. The zero-order valence-electron chi connectivity index (χ0n) is 13.6. The smallest absolute Gasteiger partial charge is 0.262 e. The van der Waals surface area contributed by atoms with Gasteiger partial charge in [0, 0.05) is 18.2 Å². The molecule has 2 aromatic carbocycles. The van der Waals surface area contributed by atoms with Gasteiger partial charge in [-0.3, -0.25) is 9.36 Å². The van der Waals surface area contributed by atoms with E-state index >= 15 is 0 Å². The summed E-state index contributed by atoms with van der Waals surface area (Å²) in [5.74, 6) is 0.418. The average Bonchev–Trinajstić information content (AvgIpc) is 2.66. The maximum absolute atomic E-state index is 13.2. The number of hydrogen-bond acceptors (Lipinski definition) is 4. The first-order valence-electron chi connectivity index (χ1n) is 8.32. The first-order valence-corrected chi connectivity index (χ1v) is 9.30. The summed E-state index contributed by atoms with van der Waals surface area (Å²) in [6.07, 6.45) is 0.935. The molecule has 0 saturated heterocycles. The molecule has 0 bridgehead atoms. The van der Waals surface area contributed by atoms with Gasteiger partial charge >= 0.3 is 0 Å². The van der Waals surface area contributed by atoms with Gasteiger partial charge in [0.1, 0.15) is 0 Å². The summed E-state index contributed by atoms with van der Waals surface area (Å²) in [5.41, 5.74) is 2.13. The van der Waals surface area contributed by atoms with Crippen LogP contribution in [0.2, 0.25) is 0 Å². The summed E-state index contributed by atoms with van der Waals surface area (Å²) >= 11 is 1.52. The normalized spacial score (nSPS) is 13.6. The highest BCUT2D eigenvalue weighted by molar-refractivity contribution is 7.99. The van der Waals surface area contributed by atoms with Crippen LogP contribution in [0, 0.1) is 0 Å². The number of nitrogens with zero attached hydrogens (tertiary/aromatic N) is 2. The Labute approximate surface area is 150 Å². The van der Waals surface area contributed by atoms with Crippen molar-refractivity contribution in [1.29, 1.82) is 0 Å². The van der Waals surface area contributed by atoms with Gasteiger partial charge in [-0.1, -0.05) is 72.4 Å². The molecule has 126 valence electrons. The van der Waals surface area contributed by atoms with Crippen LogP contribution >= 0.6 is 11.8 Å². The third-order valence-corrected chi connectivity index (χ3v) is 5.52. The number of rotatable bonds is 3. The summed E-state index contributed by atoms with van der Waals surface area (Å²) in [6.45, 7) is 0.651. The van der Waals surface area contributed by atoms with E-state index in [-0.39, 0.29) is 17.4 Å². The highest BCUT2D eigenvalue weighted by Crippen LogP contribution is 2.35. The molecule has 4 nitrogen and oxygen atoms in total. The summed E-state index contributed by atoms with van der Waals surface area (Å²) in [7, 11) is 0.